The normalized spacial score (nSPS) is 10.9. The van der Waals surface area contributed by atoms with E-state index in [0.717, 1.165) is 0 Å². The summed E-state index contributed by atoms with van der Waals surface area (Å²) in [6.45, 7) is 0.118. The summed E-state index contributed by atoms with van der Waals surface area (Å²) in [5.74, 6) is 1.73. The number of nitrogens with zero attached hydrogens (tertiary/aromatic N) is 4. The van der Waals surface area contributed by atoms with Crippen LogP contribution in [0.1, 0.15) is 11.4 Å². The second kappa shape index (κ2) is 8.23. The first kappa shape index (κ1) is 18.3. The third kappa shape index (κ3) is 4.55. The van der Waals surface area contributed by atoms with Crippen LogP contribution in [0.2, 0.25) is 0 Å². The lowest BCUT2D eigenvalue weighted by molar-refractivity contribution is -0.384. The van der Waals surface area contributed by atoms with Crippen molar-refractivity contribution in [2.75, 3.05) is 7.11 Å². The van der Waals surface area contributed by atoms with E-state index in [1.165, 1.54) is 23.0 Å². The Morgan fingerprint density at radius 3 is 2.85 bits per heavy atom. The van der Waals surface area contributed by atoms with Crippen molar-refractivity contribution in [1.82, 2.24) is 14.9 Å². The second-order valence-corrected chi connectivity index (χ2v) is 5.71. The van der Waals surface area contributed by atoms with Crippen LogP contribution in [0.25, 0.3) is 0 Å². The zero-order valence-electron chi connectivity index (χ0n) is 14.2. The van der Waals surface area contributed by atoms with Gasteiger partial charge in [-0.1, -0.05) is 18.2 Å². The quantitative estimate of drug-likeness (QED) is 0.289. The van der Waals surface area contributed by atoms with Gasteiger partial charge in [-0.15, -0.1) is 0 Å². The van der Waals surface area contributed by atoms with Gasteiger partial charge in [0.15, 0.2) is 5.82 Å². The van der Waals surface area contributed by atoms with Gasteiger partial charge in [-0.25, -0.2) is 5.10 Å². The van der Waals surface area contributed by atoms with Gasteiger partial charge >= 0.3 is 0 Å². The fourth-order valence-electron chi connectivity index (χ4n) is 2.22. The molecule has 0 spiro atoms. The first-order valence-electron chi connectivity index (χ1n) is 7.79. The Bertz CT molecular complexity index is 1040. The van der Waals surface area contributed by atoms with Crippen molar-refractivity contribution in [3.8, 4) is 11.5 Å². The molecule has 27 heavy (non-hydrogen) atoms. The van der Waals surface area contributed by atoms with Gasteiger partial charge in [0.1, 0.15) is 18.1 Å². The van der Waals surface area contributed by atoms with E-state index in [-0.39, 0.29) is 17.1 Å². The summed E-state index contributed by atoms with van der Waals surface area (Å²) < 4.78 is 12.5. The van der Waals surface area contributed by atoms with E-state index in [1.54, 1.807) is 31.4 Å². The van der Waals surface area contributed by atoms with Crippen molar-refractivity contribution in [3.05, 3.63) is 74.8 Å². The average Bonchev–Trinajstić information content (AvgIpc) is 3.04. The Labute approximate surface area is 159 Å². The van der Waals surface area contributed by atoms with E-state index in [2.05, 4.69) is 15.3 Å². The van der Waals surface area contributed by atoms with Crippen molar-refractivity contribution in [2.45, 2.75) is 6.61 Å². The number of non-ortho nitro benzene ring substituents is 1. The SMILES string of the molecule is COc1cccc(OCc2n[nH]c(=S)n2/N=C\c2cccc([N+](=O)[O-])c2)c1. The number of nitro groups is 1. The van der Waals surface area contributed by atoms with Crippen molar-refractivity contribution in [1.29, 1.82) is 0 Å². The molecule has 1 N–H and O–H groups in total. The third-order valence-electron chi connectivity index (χ3n) is 3.53. The van der Waals surface area contributed by atoms with Gasteiger partial charge in [0, 0.05) is 23.8 Å². The Morgan fingerprint density at radius 1 is 1.30 bits per heavy atom. The number of nitrogens with one attached hydrogen (secondary N) is 1. The highest BCUT2D eigenvalue weighted by atomic mass is 32.1. The van der Waals surface area contributed by atoms with Crippen molar-refractivity contribution in [3.63, 3.8) is 0 Å². The van der Waals surface area contributed by atoms with Crippen molar-refractivity contribution in [2.24, 2.45) is 5.10 Å². The molecule has 0 aliphatic carbocycles. The number of aromatic amines is 1. The average molecular weight is 385 g/mol. The molecule has 2 aromatic carbocycles. The van der Waals surface area contributed by atoms with E-state index in [9.17, 15) is 10.1 Å². The van der Waals surface area contributed by atoms with Crippen LogP contribution in [0.15, 0.2) is 53.6 Å². The van der Waals surface area contributed by atoms with Crippen LogP contribution in [-0.4, -0.2) is 33.1 Å². The number of hydrogen-bond donors (Lipinski definition) is 1. The second-order valence-electron chi connectivity index (χ2n) is 5.32. The first-order valence-corrected chi connectivity index (χ1v) is 8.19. The molecule has 0 aliphatic heterocycles. The fourth-order valence-corrected chi connectivity index (χ4v) is 2.42. The number of aromatic nitrogens is 3. The molecular formula is C17H15N5O4S. The summed E-state index contributed by atoms with van der Waals surface area (Å²) in [6.07, 6.45) is 1.47. The Kier molecular flexibility index (Phi) is 5.57. The van der Waals surface area contributed by atoms with Crippen molar-refractivity contribution < 1.29 is 14.4 Å². The summed E-state index contributed by atoms with van der Waals surface area (Å²) in [5.41, 5.74) is 0.545. The zero-order valence-corrected chi connectivity index (χ0v) is 15.0. The van der Waals surface area contributed by atoms with Gasteiger partial charge in [0.05, 0.1) is 18.2 Å². The number of benzene rings is 2. The predicted molar refractivity (Wildman–Crippen MR) is 101 cm³/mol. The molecule has 138 valence electrons. The highest BCUT2D eigenvalue weighted by molar-refractivity contribution is 7.71. The van der Waals surface area contributed by atoms with Crippen molar-refractivity contribution >= 4 is 24.1 Å². The molecule has 0 bridgehead atoms. The molecule has 0 atom stereocenters. The van der Waals surface area contributed by atoms with Crippen LogP contribution >= 0.6 is 12.2 Å². The molecule has 3 rings (SSSR count). The molecule has 0 saturated heterocycles. The summed E-state index contributed by atoms with van der Waals surface area (Å²) in [7, 11) is 1.58. The van der Waals surface area contributed by atoms with E-state index >= 15 is 0 Å². The molecule has 3 aromatic rings. The Hall–Kier alpha value is -3.53. The predicted octanol–water partition coefficient (Wildman–Crippen LogP) is 3.32. The number of ether oxygens (including phenoxy) is 2. The van der Waals surface area contributed by atoms with Crippen LogP contribution in [0.4, 0.5) is 5.69 Å². The maximum absolute atomic E-state index is 10.9. The number of rotatable bonds is 7. The third-order valence-corrected chi connectivity index (χ3v) is 3.79. The number of nitro benzene ring substituents is 1. The van der Waals surface area contributed by atoms with Gasteiger partial charge in [0.25, 0.3) is 5.69 Å². The van der Waals surface area contributed by atoms with Gasteiger partial charge in [-0.2, -0.15) is 14.9 Å². The first-order chi connectivity index (χ1) is 13.1. The lowest BCUT2D eigenvalue weighted by atomic mass is 10.2. The molecule has 0 aliphatic rings. The summed E-state index contributed by atoms with van der Waals surface area (Å²) in [6, 6.07) is 13.3. The van der Waals surface area contributed by atoms with Gasteiger partial charge < -0.3 is 9.47 Å². The lowest BCUT2D eigenvalue weighted by Gasteiger charge is -2.07. The molecule has 10 heteroatoms. The van der Waals surface area contributed by atoms with Crippen LogP contribution in [0.3, 0.4) is 0 Å². The van der Waals surface area contributed by atoms with Gasteiger partial charge in [0.2, 0.25) is 4.77 Å². The fraction of sp³-hybridized carbons (Fsp3) is 0.118. The Balaban J connectivity index is 1.77. The smallest absolute Gasteiger partial charge is 0.270 e. The summed E-state index contributed by atoms with van der Waals surface area (Å²) in [5, 5.41) is 21.9. The lowest BCUT2D eigenvalue weighted by Crippen LogP contribution is -2.04. The minimum atomic E-state index is -0.464. The maximum atomic E-state index is 10.9. The van der Waals surface area contributed by atoms with Gasteiger partial charge in [-0.3, -0.25) is 10.1 Å². The van der Waals surface area contributed by atoms with Crippen LogP contribution in [-0.2, 0) is 6.61 Å². The zero-order chi connectivity index (χ0) is 19.2. The number of methoxy groups -OCH3 is 1. The monoisotopic (exact) mass is 385 g/mol. The largest absolute Gasteiger partial charge is 0.497 e. The minimum Gasteiger partial charge on any atom is -0.497 e. The molecule has 1 heterocycles. The topological polar surface area (TPSA) is 108 Å². The molecule has 0 amide bonds. The van der Waals surface area contributed by atoms with E-state index < -0.39 is 4.92 Å². The molecule has 9 nitrogen and oxygen atoms in total. The maximum Gasteiger partial charge on any atom is 0.270 e. The highest BCUT2D eigenvalue weighted by Gasteiger charge is 2.08. The Morgan fingerprint density at radius 2 is 2.07 bits per heavy atom. The molecule has 0 radical (unpaired) electrons. The van der Waals surface area contributed by atoms with E-state index in [4.69, 9.17) is 21.7 Å². The highest BCUT2D eigenvalue weighted by Crippen LogP contribution is 2.19. The standard InChI is InChI=1S/C17H15N5O4S/c1-25-14-6-3-7-15(9-14)26-11-16-19-20-17(27)21(16)18-10-12-4-2-5-13(8-12)22(23)24/h2-10H,11H2,1H3,(H,20,27)/b18-10-. The molecule has 0 fully saturated rings. The van der Waals surface area contributed by atoms with Gasteiger partial charge in [-0.05, 0) is 24.4 Å². The molecule has 0 unspecified atom stereocenters. The summed E-state index contributed by atoms with van der Waals surface area (Å²) >= 11 is 5.17. The van der Waals surface area contributed by atoms with Crippen LogP contribution < -0.4 is 9.47 Å². The number of H-pyrrole nitrogens is 1. The molecule has 0 saturated carbocycles. The van der Waals surface area contributed by atoms with Crippen LogP contribution in [0.5, 0.6) is 11.5 Å². The van der Waals surface area contributed by atoms with E-state index in [1.807, 2.05) is 12.1 Å². The number of hydrogen-bond acceptors (Lipinski definition) is 7. The molecule has 1 aromatic heterocycles. The van der Waals surface area contributed by atoms with E-state index in [0.29, 0.717) is 22.9 Å². The summed E-state index contributed by atoms with van der Waals surface area (Å²) in [4.78, 5) is 10.4. The minimum absolute atomic E-state index is 0.0173. The van der Waals surface area contributed by atoms with Crippen LogP contribution in [0, 0.1) is 14.9 Å². The molecular weight excluding hydrogens is 370 g/mol.